The standard InChI is InChI=1S/C16H25N5O2.BrH/c1-4-12-7-5-8-13(11-12)22-9-6-10-23-21-15(18)19-14(17)20-16(21,2)3;/h5,7-8,11H,4,6,9-10H2,1-3H3,(H4,17,18,19,20);1H. The zero-order chi connectivity index (χ0) is 16.9. The monoisotopic (exact) mass is 399 g/mol. The number of halogens is 1. The molecule has 0 saturated carbocycles. The quantitative estimate of drug-likeness (QED) is 0.684. The maximum Gasteiger partial charge on any atom is 0.226 e. The summed E-state index contributed by atoms with van der Waals surface area (Å²) < 4.78 is 5.73. The molecule has 1 aliphatic heterocycles. The van der Waals surface area contributed by atoms with E-state index in [0.717, 1.165) is 18.6 Å². The lowest BCUT2D eigenvalue weighted by atomic mass is 10.2. The van der Waals surface area contributed by atoms with E-state index in [9.17, 15) is 0 Å². The van der Waals surface area contributed by atoms with Crippen LogP contribution in [-0.4, -0.2) is 35.9 Å². The average Bonchev–Trinajstić information content (AvgIpc) is 2.48. The number of aryl methyl sites for hydroxylation is 1. The molecule has 0 unspecified atom stereocenters. The van der Waals surface area contributed by atoms with E-state index >= 15 is 0 Å². The number of ether oxygens (including phenoxy) is 1. The highest BCUT2D eigenvalue weighted by molar-refractivity contribution is 8.93. The van der Waals surface area contributed by atoms with Crippen LogP contribution in [0, 0.1) is 0 Å². The highest BCUT2D eigenvalue weighted by Crippen LogP contribution is 2.20. The summed E-state index contributed by atoms with van der Waals surface area (Å²) in [7, 11) is 0. The highest BCUT2D eigenvalue weighted by Gasteiger charge is 2.32. The number of guanidine groups is 2. The van der Waals surface area contributed by atoms with Gasteiger partial charge in [-0.05, 0) is 38.0 Å². The Bertz CT molecular complexity index is 604. The normalized spacial score (nSPS) is 16.0. The molecule has 0 fully saturated rings. The first-order valence-electron chi connectivity index (χ1n) is 7.77. The maximum absolute atomic E-state index is 5.84. The molecule has 1 aromatic carbocycles. The first-order chi connectivity index (χ1) is 10.9. The van der Waals surface area contributed by atoms with E-state index in [0.29, 0.717) is 13.2 Å². The molecule has 4 N–H and O–H groups in total. The average molecular weight is 400 g/mol. The zero-order valence-corrected chi connectivity index (χ0v) is 16.1. The fraction of sp³-hybridized carbons (Fsp3) is 0.500. The van der Waals surface area contributed by atoms with Gasteiger partial charge in [-0.3, -0.25) is 4.84 Å². The maximum atomic E-state index is 5.84. The van der Waals surface area contributed by atoms with Crippen LogP contribution in [0.25, 0.3) is 0 Å². The third-order valence-electron chi connectivity index (χ3n) is 3.41. The fourth-order valence-electron chi connectivity index (χ4n) is 2.28. The topological polar surface area (TPSA) is 98.5 Å². The van der Waals surface area contributed by atoms with E-state index in [1.165, 1.54) is 10.6 Å². The lowest BCUT2D eigenvalue weighted by molar-refractivity contribution is -0.158. The predicted molar refractivity (Wildman–Crippen MR) is 101 cm³/mol. The summed E-state index contributed by atoms with van der Waals surface area (Å²) in [5, 5.41) is 1.47. The van der Waals surface area contributed by atoms with Gasteiger partial charge in [0.1, 0.15) is 5.75 Å². The number of hydrogen-bond donors (Lipinski definition) is 2. The van der Waals surface area contributed by atoms with Crippen molar-refractivity contribution < 1.29 is 9.57 Å². The van der Waals surface area contributed by atoms with E-state index in [-0.39, 0.29) is 28.9 Å². The molecule has 0 aromatic heterocycles. The summed E-state index contributed by atoms with van der Waals surface area (Å²) in [6.45, 7) is 6.84. The van der Waals surface area contributed by atoms with Crippen molar-refractivity contribution in [1.29, 1.82) is 0 Å². The molecular formula is C16H26BrN5O2. The number of nitrogens with two attached hydrogens (primary N) is 2. The van der Waals surface area contributed by atoms with Crippen LogP contribution in [0.1, 0.15) is 32.8 Å². The van der Waals surface area contributed by atoms with E-state index in [1.807, 2.05) is 26.0 Å². The minimum Gasteiger partial charge on any atom is -0.493 e. The third-order valence-corrected chi connectivity index (χ3v) is 3.41. The van der Waals surface area contributed by atoms with Gasteiger partial charge in [-0.15, -0.1) is 17.0 Å². The van der Waals surface area contributed by atoms with Gasteiger partial charge in [-0.25, -0.2) is 4.99 Å². The summed E-state index contributed by atoms with van der Waals surface area (Å²) >= 11 is 0. The van der Waals surface area contributed by atoms with Crippen LogP contribution in [0.2, 0.25) is 0 Å². The minimum absolute atomic E-state index is 0. The Labute approximate surface area is 153 Å². The van der Waals surface area contributed by atoms with Gasteiger partial charge >= 0.3 is 0 Å². The van der Waals surface area contributed by atoms with Crippen LogP contribution in [0.3, 0.4) is 0 Å². The Kier molecular flexibility index (Phi) is 7.50. The van der Waals surface area contributed by atoms with Gasteiger partial charge in [0.2, 0.25) is 11.9 Å². The van der Waals surface area contributed by atoms with Crippen molar-refractivity contribution in [3.05, 3.63) is 29.8 Å². The summed E-state index contributed by atoms with van der Waals surface area (Å²) in [4.78, 5) is 13.8. The number of hydrogen-bond acceptors (Lipinski definition) is 7. The Hall–Kier alpha value is -1.80. The largest absolute Gasteiger partial charge is 0.493 e. The molecule has 1 aromatic rings. The Morgan fingerprint density at radius 3 is 2.62 bits per heavy atom. The van der Waals surface area contributed by atoms with E-state index in [4.69, 9.17) is 21.0 Å². The molecule has 1 heterocycles. The van der Waals surface area contributed by atoms with Crippen LogP contribution in [0.15, 0.2) is 34.3 Å². The molecule has 1 aliphatic rings. The second-order valence-corrected chi connectivity index (χ2v) is 5.77. The number of nitrogens with zero attached hydrogens (tertiary/aromatic N) is 3. The van der Waals surface area contributed by atoms with Gasteiger partial charge in [0.05, 0.1) is 13.2 Å². The molecule has 8 heteroatoms. The van der Waals surface area contributed by atoms with Crippen molar-refractivity contribution >= 4 is 28.9 Å². The van der Waals surface area contributed by atoms with Crippen molar-refractivity contribution in [2.75, 3.05) is 13.2 Å². The van der Waals surface area contributed by atoms with E-state index in [1.54, 1.807) is 0 Å². The first kappa shape index (κ1) is 20.2. The predicted octanol–water partition coefficient (Wildman–Crippen LogP) is 2.21. The Balaban J connectivity index is 0.00000288. The summed E-state index contributed by atoms with van der Waals surface area (Å²) in [5.41, 5.74) is 12.0. The van der Waals surface area contributed by atoms with E-state index in [2.05, 4.69) is 29.0 Å². The number of aliphatic imine (C=N–C) groups is 2. The lowest BCUT2D eigenvalue weighted by Crippen LogP contribution is -2.53. The molecule has 0 bridgehead atoms. The lowest BCUT2D eigenvalue weighted by Gasteiger charge is -2.36. The van der Waals surface area contributed by atoms with Gasteiger partial charge < -0.3 is 16.2 Å². The van der Waals surface area contributed by atoms with Crippen molar-refractivity contribution in [3.63, 3.8) is 0 Å². The van der Waals surface area contributed by atoms with Gasteiger partial charge in [0.15, 0.2) is 5.66 Å². The number of rotatable bonds is 7. The van der Waals surface area contributed by atoms with Gasteiger partial charge in [-0.2, -0.15) is 10.1 Å². The molecule has 134 valence electrons. The second-order valence-electron chi connectivity index (χ2n) is 5.77. The molecule has 0 amide bonds. The van der Waals surface area contributed by atoms with Crippen molar-refractivity contribution in [3.8, 4) is 5.75 Å². The van der Waals surface area contributed by atoms with Gasteiger partial charge in [-0.1, -0.05) is 19.1 Å². The van der Waals surface area contributed by atoms with Crippen LogP contribution < -0.4 is 16.2 Å². The molecule has 0 aliphatic carbocycles. The highest BCUT2D eigenvalue weighted by atomic mass is 79.9. The molecule has 0 saturated heterocycles. The van der Waals surface area contributed by atoms with E-state index < -0.39 is 5.66 Å². The Morgan fingerprint density at radius 2 is 1.96 bits per heavy atom. The van der Waals surface area contributed by atoms with Crippen LogP contribution in [0.5, 0.6) is 5.75 Å². The summed E-state index contributed by atoms with van der Waals surface area (Å²) in [6.07, 6.45) is 1.71. The fourth-order valence-corrected chi connectivity index (χ4v) is 2.28. The first-order valence-corrected chi connectivity index (χ1v) is 7.77. The summed E-state index contributed by atoms with van der Waals surface area (Å²) in [6, 6.07) is 8.09. The smallest absolute Gasteiger partial charge is 0.226 e. The van der Waals surface area contributed by atoms with Gasteiger partial charge in [0, 0.05) is 6.42 Å². The zero-order valence-electron chi connectivity index (χ0n) is 14.4. The second kappa shape index (κ2) is 8.89. The molecule has 24 heavy (non-hydrogen) atoms. The molecule has 0 radical (unpaired) electrons. The minimum atomic E-state index is -0.674. The molecule has 7 nitrogen and oxygen atoms in total. The Morgan fingerprint density at radius 1 is 1.21 bits per heavy atom. The van der Waals surface area contributed by atoms with Crippen LogP contribution in [-0.2, 0) is 11.3 Å². The van der Waals surface area contributed by atoms with Gasteiger partial charge in [0.25, 0.3) is 0 Å². The van der Waals surface area contributed by atoms with Crippen molar-refractivity contribution in [2.24, 2.45) is 21.5 Å². The molecule has 0 atom stereocenters. The number of benzene rings is 1. The SMILES string of the molecule is Br.CCc1cccc(OCCCON2C(N)=NC(N)=NC2(C)C)c1. The third kappa shape index (κ3) is 5.38. The molecule has 2 rings (SSSR count). The van der Waals surface area contributed by atoms with Crippen molar-refractivity contribution in [1.82, 2.24) is 5.06 Å². The number of hydroxylamine groups is 2. The summed E-state index contributed by atoms with van der Waals surface area (Å²) in [5.74, 6) is 1.24. The van der Waals surface area contributed by atoms with Crippen LogP contribution >= 0.6 is 17.0 Å². The van der Waals surface area contributed by atoms with Crippen molar-refractivity contribution in [2.45, 2.75) is 39.3 Å². The van der Waals surface area contributed by atoms with Crippen LogP contribution in [0.4, 0.5) is 0 Å². The molecular weight excluding hydrogens is 374 g/mol. The molecule has 0 spiro atoms.